The molecule has 5 nitrogen and oxygen atoms in total. The highest BCUT2D eigenvalue weighted by Crippen LogP contribution is 2.18. The Morgan fingerprint density at radius 1 is 1.56 bits per heavy atom. The molecule has 1 fully saturated rings. The summed E-state index contributed by atoms with van der Waals surface area (Å²) in [5.41, 5.74) is 5.96. The molecule has 1 aliphatic rings. The van der Waals surface area contributed by atoms with E-state index >= 15 is 0 Å². The van der Waals surface area contributed by atoms with Gasteiger partial charge in [-0.2, -0.15) is 0 Å². The molecule has 1 aliphatic heterocycles. The maximum Gasteiger partial charge on any atom is 0.227 e. The van der Waals surface area contributed by atoms with Crippen molar-refractivity contribution < 1.29 is 9.59 Å². The monoisotopic (exact) mass is 255 g/mol. The smallest absolute Gasteiger partial charge is 0.227 e. The van der Waals surface area contributed by atoms with Gasteiger partial charge in [0.1, 0.15) is 0 Å². The number of carbonyl (C=O) groups excluding carboxylic acids is 2. The first-order chi connectivity index (χ1) is 8.32. The van der Waals surface area contributed by atoms with Crippen LogP contribution in [0.25, 0.3) is 0 Å². The van der Waals surface area contributed by atoms with E-state index in [0.29, 0.717) is 25.4 Å². The summed E-state index contributed by atoms with van der Waals surface area (Å²) in [7, 11) is 3.53. The third-order valence-corrected chi connectivity index (χ3v) is 3.72. The lowest BCUT2D eigenvalue weighted by Gasteiger charge is -2.23. The van der Waals surface area contributed by atoms with Gasteiger partial charge in [-0.3, -0.25) is 9.59 Å². The third kappa shape index (κ3) is 3.70. The number of nitrogens with zero attached hydrogens (tertiary/aromatic N) is 2. The van der Waals surface area contributed by atoms with Gasteiger partial charge in [-0.15, -0.1) is 0 Å². The molecule has 0 bridgehead atoms. The van der Waals surface area contributed by atoms with Gasteiger partial charge in [0.25, 0.3) is 0 Å². The first-order valence-electron chi connectivity index (χ1n) is 6.57. The van der Waals surface area contributed by atoms with Gasteiger partial charge < -0.3 is 15.5 Å². The molecule has 104 valence electrons. The zero-order valence-corrected chi connectivity index (χ0v) is 11.8. The topological polar surface area (TPSA) is 66.6 Å². The van der Waals surface area contributed by atoms with E-state index in [-0.39, 0.29) is 23.8 Å². The fraction of sp³-hybridized carbons (Fsp3) is 0.846. The highest BCUT2D eigenvalue weighted by Gasteiger charge is 2.33. The zero-order chi connectivity index (χ0) is 13.9. The molecular weight excluding hydrogens is 230 g/mol. The van der Waals surface area contributed by atoms with Crippen LogP contribution in [0.3, 0.4) is 0 Å². The van der Waals surface area contributed by atoms with E-state index in [4.69, 9.17) is 5.73 Å². The van der Waals surface area contributed by atoms with E-state index in [0.717, 1.165) is 6.42 Å². The van der Waals surface area contributed by atoms with Crippen molar-refractivity contribution in [2.75, 3.05) is 27.2 Å². The van der Waals surface area contributed by atoms with Crippen LogP contribution in [-0.2, 0) is 9.59 Å². The van der Waals surface area contributed by atoms with Crippen molar-refractivity contribution in [1.82, 2.24) is 9.80 Å². The number of hydrogen-bond acceptors (Lipinski definition) is 3. The standard InChI is InChI=1S/C13H25N3O2/c1-9(2)11(14)5-6-15(3)13(18)10-7-12(17)16(4)8-10/h9-11H,5-8,14H2,1-4H3. The van der Waals surface area contributed by atoms with Crippen LogP contribution in [0, 0.1) is 11.8 Å². The third-order valence-electron chi connectivity index (χ3n) is 3.72. The predicted molar refractivity (Wildman–Crippen MR) is 70.8 cm³/mol. The second kappa shape index (κ2) is 6.18. The summed E-state index contributed by atoms with van der Waals surface area (Å²) in [4.78, 5) is 26.9. The lowest BCUT2D eigenvalue weighted by molar-refractivity contribution is -0.134. The van der Waals surface area contributed by atoms with Crippen LogP contribution in [0.5, 0.6) is 0 Å². The Morgan fingerprint density at radius 3 is 2.61 bits per heavy atom. The van der Waals surface area contributed by atoms with Crippen molar-refractivity contribution >= 4 is 11.8 Å². The minimum atomic E-state index is -0.178. The van der Waals surface area contributed by atoms with Crippen LogP contribution in [0.1, 0.15) is 26.7 Å². The van der Waals surface area contributed by atoms with Crippen molar-refractivity contribution in [3.05, 3.63) is 0 Å². The maximum atomic E-state index is 12.1. The summed E-state index contributed by atoms with van der Waals surface area (Å²) in [6.45, 7) is 5.36. The van der Waals surface area contributed by atoms with Gasteiger partial charge >= 0.3 is 0 Å². The minimum absolute atomic E-state index is 0.0561. The summed E-state index contributed by atoms with van der Waals surface area (Å²) in [6.07, 6.45) is 1.15. The van der Waals surface area contributed by atoms with Gasteiger partial charge in [-0.05, 0) is 12.3 Å². The van der Waals surface area contributed by atoms with Crippen LogP contribution >= 0.6 is 0 Å². The average molecular weight is 255 g/mol. The van der Waals surface area contributed by atoms with Crippen molar-refractivity contribution in [2.45, 2.75) is 32.7 Å². The Kier molecular flexibility index (Phi) is 5.14. The van der Waals surface area contributed by atoms with Crippen LogP contribution in [0.15, 0.2) is 0 Å². The zero-order valence-electron chi connectivity index (χ0n) is 11.8. The van der Waals surface area contributed by atoms with E-state index < -0.39 is 0 Å². The number of rotatable bonds is 5. The molecule has 18 heavy (non-hydrogen) atoms. The molecule has 2 atom stereocenters. The van der Waals surface area contributed by atoms with Gasteiger partial charge in [0, 0.05) is 39.6 Å². The first-order valence-corrected chi connectivity index (χ1v) is 6.57. The van der Waals surface area contributed by atoms with Crippen LogP contribution in [0.2, 0.25) is 0 Å². The molecule has 5 heteroatoms. The fourth-order valence-electron chi connectivity index (χ4n) is 2.13. The average Bonchev–Trinajstić information content (AvgIpc) is 2.64. The molecule has 2 unspecified atom stereocenters. The Hall–Kier alpha value is -1.10. The van der Waals surface area contributed by atoms with E-state index in [1.807, 2.05) is 0 Å². The molecule has 1 saturated heterocycles. The number of amides is 2. The highest BCUT2D eigenvalue weighted by molar-refractivity contribution is 5.89. The van der Waals surface area contributed by atoms with Crippen LogP contribution < -0.4 is 5.73 Å². The molecular formula is C13H25N3O2. The van der Waals surface area contributed by atoms with Crippen molar-refractivity contribution in [3.63, 3.8) is 0 Å². The first kappa shape index (κ1) is 15.0. The van der Waals surface area contributed by atoms with Crippen molar-refractivity contribution in [2.24, 2.45) is 17.6 Å². The number of hydrogen-bond donors (Lipinski definition) is 1. The van der Waals surface area contributed by atoms with Gasteiger partial charge in [0.15, 0.2) is 0 Å². The van der Waals surface area contributed by atoms with E-state index in [1.165, 1.54) is 0 Å². The molecule has 2 amide bonds. The Morgan fingerprint density at radius 2 is 2.17 bits per heavy atom. The summed E-state index contributed by atoms with van der Waals surface area (Å²) in [6, 6.07) is 0.119. The van der Waals surface area contributed by atoms with Crippen LogP contribution in [0.4, 0.5) is 0 Å². The van der Waals surface area contributed by atoms with Crippen molar-refractivity contribution in [1.29, 1.82) is 0 Å². The van der Waals surface area contributed by atoms with Crippen molar-refractivity contribution in [3.8, 4) is 0 Å². The van der Waals surface area contributed by atoms with Gasteiger partial charge in [0.2, 0.25) is 11.8 Å². The molecule has 0 aromatic rings. The second-order valence-corrected chi connectivity index (χ2v) is 5.63. The Balaban J connectivity index is 2.40. The van der Waals surface area contributed by atoms with E-state index in [9.17, 15) is 9.59 Å². The predicted octanol–water partition coefficient (Wildman–Crippen LogP) is 0.297. The summed E-state index contributed by atoms with van der Waals surface area (Å²) in [5.74, 6) is 0.361. The Bertz CT molecular complexity index is 317. The molecule has 0 aliphatic carbocycles. The molecule has 0 radical (unpaired) electrons. The second-order valence-electron chi connectivity index (χ2n) is 5.63. The number of nitrogens with two attached hydrogens (primary N) is 1. The van der Waals surface area contributed by atoms with E-state index in [1.54, 1.807) is 23.9 Å². The van der Waals surface area contributed by atoms with Gasteiger partial charge in [-0.1, -0.05) is 13.8 Å². The fourth-order valence-corrected chi connectivity index (χ4v) is 2.13. The summed E-state index contributed by atoms with van der Waals surface area (Å²) < 4.78 is 0. The van der Waals surface area contributed by atoms with E-state index in [2.05, 4.69) is 13.8 Å². The minimum Gasteiger partial charge on any atom is -0.345 e. The highest BCUT2D eigenvalue weighted by atomic mass is 16.2. The van der Waals surface area contributed by atoms with Gasteiger partial charge in [-0.25, -0.2) is 0 Å². The Labute approximate surface area is 109 Å². The molecule has 0 aromatic heterocycles. The summed E-state index contributed by atoms with van der Waals surface area (Å²) in [5, 5.41) is 0. The largest absolute Gasteiger partial charge is 0.345 e. The maximum absolute atomic E-state index is 12.1. The normalized spacial score (nSPS) is 21.6. The molecule has 0 spiro atoms. The quantitative estimate of drug-likeness (QED) is 0.768. The number of likely N-dealkylation sites (tertiary alicyclic amines) is 1. The van der Waals surface area contributed by atoms with Gasteiger partial charge in [0.05, 0.1) is 5.92 Å². The SMILES string of the molecule is CC(C)C(N)CCN(C)C(=O)C1CC(=O)N(C)C1. The number of carbonyl (C=O) groups is 2. The lowest BCUT2D eigenvalue weighted by Crippen LogP contribution is -2.38. The molecule has 0 aromatic carbocycles. The molecule has 0 saturated carbocycles. The molecule has 1 heterocycles. The van der Waals surface area contributed by atoms with Crippen LogP contribution in [-0.4, -0.2) is 54.8 Å². The molecule has 1 rings (SSSR count). The molecule has 2 N–H and O–H groups in total. The summed E-state index contributed by atoms with van der Waals surface area (Å²) >= 11 is 0. The lowest BCUT2D eigenvalue weighted by atomic mass is 10.0.